The normalized spacial score (nSPS) is 15.8. The maximum atomic E-state index is 11.9. The highest BCUT2D eigenvalue weighted by molar-refractivity contribution is 7.13. The molecule has 2 heterocycles. The molecule has 2 N–H and O–H groups in total. The van der Waals surface area contributed by atoms with Gasteiger partial charge in [0, 0.05) is 12.8 Å². The third kappa shape index (κ3) is 3.42. The SMILES string of the molecule is O=C(CCCc1nc(-c2cccs2)no1)NC1(C(=O)O)CCC1. The fourth-order valence-electron chi connectivity index (χ4n) is 2.51. The third-order valence-electron chi connectivity index (χ3n) is 4.00. The van der Waals surface area contributed by atoms with Crippen LogP contribution in [0.2, 0.25) is 0 Å². The fraction of sp³-hybridized carbons (Fsp3) is 0.467. The number of thiophene rings is 1. The van der Waals surface area contributed by atoms with Crippen molar-refractivity contribution in [2.75, 3.05) is 0 Å². The van der Waals surface area contributed by atoms with Crippen molar-refractivity contribution in [3.63, 3.8) is 0 Å². The van der Waals surface area contributed by atoms with E-state index in [1.54, 1.807) is 0 Å². The van der Waals surface area contributed by atoms with Crippen molar-refractivity contribution in [3.05, 3.63) is 23.4 Å². The molecule has 1 amide bonds. The molecule has 1 aliphatic rings. The number of nitrogens with one attached hydrogen (secondary N) is 1. The molecular formula is C15H17N3O4S. The minimum Gasteiger partial charge on any atom is -0.480 e. The average molecular weight is 335 g/mol. The monoisotopic (exact) mass is 335 g/mol. The molecular weight excluding hydrogens is 318 g/mol. The van der Waals surface area contributed by atoms with Crippen molar-refractivity contribution >= 4 is 23.2 Å². The molecule has 0 aliphatic heterocycles. The van der Waals surface area contributed by atoms with Crippen molar-refractivity contribution < 1.29 is 19.2 Å². The minimum absolute atomic E-state index is 0.242. The van der Waals surface area contributed by atoms with Gasteiger partial charge in [-0.2, -0.15) is 4.98 Å². The van der Waals surface area contributed by atoms with E-state index < -0.39 is 11.5 Å². The first-order valence-electron chi connectivity index (χ1n) is 7.50. The number of aliphatic carboxylic acids is 1. The van der Waals surface area contributed by atoms with Crippen LogP contribution in [0, 0.1) is 0 Å². The summed E-state index contributed by atoms with van der Waals surface area (Å²) in [5, 5.41) is 17.7. The molecule has 8 heteroatoms. The number of carboxylic acid groups (broad SMARTS) is 1. The quantitative estimate of drug-likeness (QED) is 0.804. The first kappa shape index (κ1) is 15.7. The Morgan fingerprint density at radius 2 is 2.26 bits per heavy atom. The summed E-state index contributed by atoms with van der Waals surface area (Å²) >= 11 is 1.53. The van der Waals surface area contributed by atoms with Crippen molar-refractivity contribution in [1.82, 2.24) is 15.5 Å². The zero-order valence-corrected chi connectivity index (χ0v) is 13.3. The number of hydrogen-bond donors (Lipinski definition) is 2. The molecule has 1 fully saturated rings. The number of rotatable bonds is 7. The Morgan fingerprint density at radius 3 is 2.87 bits per heavy atom. The van der Waals surface area contributed by atoms with Crippen molar-refractivity contribution in [2.45, 2.75) is 44.1 Å². The summed E-state index contributed by atoms with van der Waals surface area (Å²) in [4.78, 5) is 28.3. The van der Waals surface area contributed by atoms with Crippen molar-refractivity contribution in [3.8, 4) is 10.7 Å². The summed E-state index contributed by atoms with van der Waals surface area (Å²) in [6, 6.07) is 3.83. The molecule has 23 heavy (non-hydrogen) atoms. The van der Waals surface area contributed by atoms with Gasteiger partial charge in [-0.1, -0.05) is 11.2 Å². The summed E-state index contributed by atoms with van der Waals surface area (Å²) in [6.07, 6.45) is 3.11. The van der Waals surface area contributed by atoms with E-state index in [-0.39, 0.29) is 12.3 Å². The lowest BCUT2D eigenvalue weighted by Crippen LogP contribution is -2.59. The van der Waals surface area contributed by atoms with E-state index in [1.165, 1.54) is 11.3 Å². The van der Waals surface area contributed by atoms with E-state index in [0.29, 0.717) is 37.4 Å². The Bertz CT molecular complexity index is 691. The molecule has 0 radical (unpaired) electrons. The fourth-order valence-corrected chi connectivity index (χ4v) is 3.16. The van der Waals surface area contributed by atoms with E-state index in [1.807, 2.05) is 17.5 Å². The Kier molecular flexibility index (Phi) is 4.42. The smallest absolute Gasteiger partial charge is 0.329 e. The van der Waals surface area contributed by atoms with Crippen LogP contribution in [0.15, 0.2) is 22.0 Å². The van der Waals surface area contributed by atoms with Crippen molar-refractivity contribution in [2.24, 2.45) is 0 Å². The molecule has 3 rings (SSSR count). The molecule has 7 nitrogen and oxygen atoms in total. The van der Waals surface area contributed by atoms with Gasteiger partial charge in [0.25, 0.3) is 0 Å². The van der Waals surface area contributed by atoms with Gasteiger partial charge in [0.15, 0.2) is 0 Å². The molecule has 0 saturated heterocycles. The van der Waals surface area contributed by atoms with Gasteiger partial charge in [-0.05, 0) is 37.1 Å². The maximum absolute atomic E-state index is 11.9. The molecule has 2 aromatic heterocycles. The molecule has 122 valence electrons. The minimum atomic E-state index is -1.05. The summed E-state index contributed by atoms with van der Waals surface area (Å²) in [7, 11) is 0. The second-order valence-corrected chi connectivity index (χ2v) is 6.58. The molecule has 0 spiro atoms. The van der Waals surface area contributed by atoms with E-state index in [4.69, 9.17) is 4.52 Å². The van der Waals surface area contributed by atoms with Gasteiger partial charge in [-0.15, -0.1) is 11.3 Å². The van der Waals surface area contributed by atoms with Gasteiger partial charge < -0.3 is 14.9 Å². The predicted molar refractivity (Wildman–Crippen MR) is 82.9 cm³/mol. The van der Waals surface area contributed by atoms with Crippen LogP contribution in [0.4, 0.5) is 0 Å². The van der Waals surface area contributed by atoms with Crippen LogP contribution in [0.25, 0.3) is 10.7 Å². The second-order valence-electron chi connectivity index (χ2n) is 5.63. The summed E-state index contributed by atoms with van der Waals surface area (Å²) < 4.78 is 5.16. The Hall–Kier alpha value is -2.22. The topological polar surface area (TPSA) is 105 Å². The Morgan fingerprint density at radius 1 is 1.43 bits per heavy atom. The zero-order chi connectivity index (χ0) is 16.3. The Labute approximate surface area is 136 Å². The van der Waals surface area contributed by atoms with Crippen LogP contribution in [0.1, 0.15) is 38.0 Å². The lowest BCUT2D eigenvalue weighted by molar-refractivity contribution is -0.151. The molecule has 0 unspecified atom stereocenters. The number of hydrogen-bond acceptors (Lipinski definition) is 6. The van der Waals surface area contributed by atoms with Gasteiger partial charge in [-0.3, -0.25) is 4.79 Å². The number of aryl methyl sites for hydroxylation is 1. The van der Waals surface area contributed by atoms with Crippen LogP contribution in [0.5, 0.6) is 0 Å². The zero-order valence-electron chi connectivity index (χ0n) is 12.4. The van der Waals surface area contributed by atoms with Gasteiger partial charge in [0.1, 0.15) is 5.54 Å². The van der Waals surface area contributed by atoms with Crippen LogP contribution in [0.3, 0.4) is 0 Å². The Balaban J connectivity index is 1.46. The molecule has 1 aliphatic carbocycles. The number of amides is 1. The highest BCUT2D eigenvalue weighted by Crippen LogP contribution is 2.32. The van der Waals surface area contributed by atoms with E-state index >= 15 is 0 Å². The lowest BCUT2D eigenvalue weighted by Gasteiger charge is -2.38. The molecule has 2 aromatic rings. The number of carboxylic acids is 1. The second kappa shape index (κ2) is 6.49. The predicted octanol–water partition coefficient (Wildman–Crippen LogP) is 2.24. The van der Waals surface area contributed by atoms with Crippen LogP contribution < -0.4 is 5.32 Å². The largest absolute Gasteiger partial charge is 0.480 e. The van der Waals surface area contributed by atoms with Gasteiger partial charge in [-0.25, -0.2) is 4.79 Å². The highest BCUT2D eigenvalue weighted by Gasteiger charge is 2.45. The van der Waals surface area contributed by atoms with E-state index in [0.717, 1.165) is 11.3 Å². The third-order valence-corrected chi connectivity index (χ3v) is 4.87. The first-order chi connectivity index (χ1) is 11.1. The van der Waals surface area contributed by atoms with E-state index in [9.17, 15) is 14.7 Å². The average Bonchev–Trinajstić information content (AvgIpc) is 3.13. The summed E-state index contributed by atoms with van der Waals surface area (Å²) in [6.45, 7) is 0. The van der Waals surface area contributed by atoms with E-state index in [2.05, 4.69) is 15.5 Å². The van der Waals surface area contributed by atoms with Crippen LogP contribution in [-0.2, 0) is 16.0 Å². The van der Waals surface area contributed by atoms with Gasteiger partial charge in [0.2, 0.25) is 17.6 Å². The molecule has 0 bridgehead atoms. The molecule has 0 atom stereocenters. The summed E-state index contributed by atoms with van der Waals surface area (Å²) in [5.74, 6) is -0.156. The van der Waals surface area contributed by atoms with Gasteiger partial charge >= 0.3 is 5.97 Å². The van der Waals surface area contributed by atoms with Gasteiger partial charge in [0.05, 0.1) is 4.88 Å². The standard InChI is InChI=1S/C15H17N3O4S/c19-11(17-15(14(20)21)7-3-8-15)5-1-6-12-16-13(18-22-12)10-4-2-9-23-10/h2,4,9H,1,3,5-8H2,(H,17,19)(H,20,21). The molecule has 0 aromatic carbocycles. The van der Waals surface area contributed by atoms with Crippen LogP contribution in [-0.4, -0.2) is 32.7 Å². The molecule has 1 saturated carbocycles. The number of carbonyl (C=O) groups is 2. The lowest BCUT2D eigenvalue weighted by atomic mass is 9.76. The number of aromatic nitrogens is 2. The maximum Gasteiger partial charge on any atom is 0.329 e. The highest BCUT2D eigenvalue weighted by atomic mass is 32.1. The van der Waals surface area contributed by atoms with Crippen LogP contribution >= 0.6 is 11.3 Å². The first-order valence-corrected chi connectivity index (χ1v) is 8.38. The summed E-state index contributed by atoms with van der Waals surface area (Å²) in [5.41, 5.74) is -1.05. The number of nitrogens with zero attached hydrogens (tertiary/aromatic N) is 2. The van der Waals surface area contributed by atoms with Crippen molar-refractivity contribution in [1.29, 1.82) is 0 Å². The number of carbonyl (C=O) groups excluding carboxylic acids is 1.